The Balaban J connectivity index is 2.00. The van der Waals surface area contributed by atoms with Gasteiger partial charge in [-0.05, 0) is 24.7 Å². The van der Waals surface area contributed by atoms with Crippen LogP contribution in [-0.4, -0.2) is 37.2 Å². The largest absolute Gasteiger partial charge is 0.316 e. The highest BCUT2D eigenvalue weighted by molar-refractivity contribution is 7.89. The van der Waals surface area contributed by atoms with Crippen molar-refractivity contribution < 1.29 is 8.42 Å². The van der Waals surface area contributed by atoms with Crippen molar-refractivity contribution in [3.63, 3.8) is 0 Å². The SMILES string of the molecule is CNCc1cccc(S(=O)(=O)NCCc2ncn[nH]2)c1. The van der Waals surface area contributed by atoms with Crippen LogP contribution in [-0.2, 0) is 23.0 Å². The fourth-order valence-corrected chi connectivity index (χ4v) is 2.87. The molecule has 1 heterocycles. The standard InChI is InChI=1S/C12H17N5O2S/c1-13-8-10-3-2-4-11(7-10)20(18,19)16-6-5-12-14-9-15-17-12/h2-4,7,9,13,16H,5-6,8H2,1H3,(H,14,15,17). The highest BCUT2D eigenvalue weighted by Crippen LogP contribution is 2.11. The number of benzene rings is 1. The van der Waals surface area contributed by atoms with E-state index in [1.54, 1.807) is 18.2 Å². The first-order valence-electron chi connectivity index (χ1n) is 6.19. The number of H-pyrrole nitrogens is 1. The van der Waals surface area contributed by atoms with Gasteiger partial charge in [0, 0.05) is 19.5 Å². The normalized spacial score (nSPS) is 11.7. The van der Waals surface area contributed by atoms with Gasteiger partial charge in [0.25, 0.3) is 0 Å². The van der Waals surface area contributed by atoms with Crippen LogP contribution in [0.5, 0.6) is 0 Å². The minimum atomic E-state index is -3.49. The molecule has 0 aliphatic carbocycles. The number of aromatic nitrogens is 3. The molecule has 0 unspecified atom stereocenters. The van der Waals surface area contributed by atoms with Gasteiger partial charge in [-0.1, -0.05) is 12.1 Å². The molecule has 108 valence electrons. The molecule has 0 fully saturated rings. The topological polar surface area (TPSA) is 99.8 Å². The molecule has 0 aliphatic rings. The maximum Gasteiger partial charge on any atom is 0.240 e. The zero-order chi connectivity index (χ0) is 14.4. The van der Waals surface area contributed by atoms with E-state index in [2.05, 4.69) is 25.2 Å². The van der Waals surface area contributed by atoms with E-state index in [0.29, 0.717) is 18.8 Å². The lowest BCUT2D eigenvalue weighted by atomic mass is 10.2. The van der Waals surface area contributed by atoms with Crippen molar-refractivity contribution >= 4 is 10.0 Å². The van der Waals surface area contributed by atoms with Gasteiger partial charge in [-0.2, -0.15) is 5.10 Å². The molecule has 0 bridgehead atoms. The summed E-state index contributed by atoms with van der Waals surface area (Å²) in [4.78, 5) is 4.20. The van der Waals surface area contributed by atoms with E-state index in [1.807, 2.05) is 13.1 Å². The summed E-state index contributed by atoms with van der Waals surface area (Å²) in [5, 5.41) is 9.38. The Morgan fingerprint density at radius 2 is 2.20 bits per heavy atom. The summed E-state index contributed by atoms with van der Waals surface area (Å²) >= 11 is 0. The second kappa shape index (κ2) is 6.60. The molecule has 0 spiro atoms. The molecule has 1 aromatic heterocycles. The third-order valence-corrected chi connectivity index (χ3v) is 4.17. The molecule has 3 N–H and O–H groups in total. The quantitative estimate of drug-likeness (QED) is 0.670. The van der Waals surface area contributed by atoms with Gasteiger partial charge in [0.2, 0.25) is 10.0 Å². The molecule has 1 aromatic carbocycles. The average Bonchev–Trinajstić information content (AvgIpc) is 2.92. The first kappa shape index (κ1) is 14.6. The number of nitrogens with one attached hydrogen (secondary N) is 3. The monoisotopic (exact) mass is 295 g/mol. The number of aromatic amines is 1. The second-order valence-electron chi connectivity index (χ2n) is 4.26. The van der Waals surface area contributed by atoms with Crippen LogP contribution in [0.4, 0.5) is 0 Å². The molecule has 2 rings (SSSR count). The Labute approximate surface area is 117 Å². The van der Waals surface area contributed by atoms with Crippen LogP contribution in [0.1, 0.15) is 11.4 Å². The summed E-state index contributed by atoms with van der Waals surface area (Å²) in [6, 6.07) is 6.85. The van der Waals surface area contributed by atoms with Crippen molar-refractivity contribution in [3.8, 4) is 0 Å². The van der Waals surface area contributed by atoms with Gasteiger partial charge in [0.1, 0.15) is 12.2 Å². The molecular weight excluding hydrogens is 278 g/mol. The van der Waals surface area contributed by atoms with E-state index in [-0.39, 0.29) is 11.4 Å². The summed E-state index contributed by atoms with van der Waals surface area (Å²) in [6.07, 6.45) is 1.86. The maximum absolute atomic E-state index is 12.1. The number of rotatable bonds is 7. The molecule has 0 amide bonds. The molecule has 0 saturated carbocycles. The molecule has 0 atom stereocenters. The fourth-order valence-electron chi connectivity index (χ4n) is 1.77. The Kier molecular flexibility index (Phi) is 4.83. The van der Waals surface area contributed by atoms with Crippen molar-refractivity contribution in [3.05, 3.63) is 42.0 Å². The van der Waals surface area contributed by atoms with Crippen molar-refractivity contribution in [1.82, 2.24) is 25.2 Å². The molecule has 0 radical (unpaired) electrons. The summed E-state index contributed by atoms with van der Waals surface area (Å²) in [5.74, 6) is 0.650. The van der Waals surface area contributed by atoms with E-state index in [4.69, 9.17) is 0 Å². The van der Waals surface area contributed by atoms with Crippen LogP contribution < -0.4 is 10.0 Å². The minimum Gasteiger partial charge on any atom is -0.316 e. The van der Waals surface area contributed by atoms with Crippen LogP contribution in [0.15, 0.2) is 35.5 Å². The summed E-state index contributed by atoms with van der Waals surface area (Å²) in [6.45, 7) is 0.898. The van der Waals surface area contributed by atoms with E-state index in [0.717, 1.165) is 5.56 Å². The summed E-state index contributed by atoms with van der Waals surface area (Å²) in [7, 11) is -1.68. The zero-order valence-electron chi connectivity index (χ0n) is 11.1. The van der Waals surface area contributed by atoms with Crippen LogP contribution >= 0.6 is 0 Å². The Hall–Kier alpha value is -1.77. The number of hydrogen-bond acceptors (Lipinski definition) is 5. The Morgan fingerprint density at radius 3 is 2.90 bits per heavy atom. The van der Waals surface area contributed by atoms with Crippen molar-refractivity contribution in [2.75, 3.05) is 13.6 Å². The second-order valence-corrected chi connectivity index (χ2v) is 6.02. The highest BCUT2D eigenvalue weighted by Gasteiger charge is 2.13. The van der Waals surface area contributed by atoms with Crippen LogP contribution in [0.3, 0.4) is 0 Å². The lowest BCUT2D eigenvalue weighted by Crippen LogP contribution is -2.26. The van der Waals surface area contributed by atoms with E-state index >= 15 is 0 Å². The van der Waals surface area contributed by atoms with Gasteiger partial charge >= 0.3 is 0 Å². The Bertz CT molecular complexity index is 640. The molecule has 2 aromatic rings. The predicted molar refractivity (Wildman–Crippen MR) is 74.5 cm³/mol. The first-order chi connectivity index (χ1) is 9.62. The zero-order valence-corrected chi connectivity index (χ0v) is 11.9. The summed E-state index contributed by atoms with van der Waals surface area (Å²) < 4.78 is 26.8. The minimum absolute atomic E-state index is 0.266. The number of nitrogens with zero attached hydrogens (tertiary/aromatic N) is 2. The van der Waals surface area contributed by atoms with E-state index < -0.39 is 10.0 Å². The lowest BCUT2D eigenvalue weighted by Gasteiger charge is -2.07. The lowest BCUT2D eigenvalue weighted by molar-refractivity contribution is 0.580. The molecule has 20 heavy (non-hydrogen) atoms. The first-order valence-corrected chi connectivity index (χ1v) is 7.67. The smallest absolute Gasteiger partial charge is 0.240 e. The summed E-state index contributed by atoms with van der Waals surface area (Å²) in [5.41, 5.74) is 0.922. The van der Waals surface area contributed by atoms with E-state index in [1.165, 1.54) is 6.33 Å². The van der Waals surface area contributed by atoms with Crippen molar-refractivity contribution in [1.29, 1.82) is 0 Å². The Morgan fingerprint density at radius 1 is 1.35 bits per heavy atom. The third kappa shape index (κ3) is 3.86. The third-order valence-electron chi connectivity index (χ3n) is 2.71. The van der Waals surface area contributed by atoms with Gasteiger partial charge in [-0.15, -0.1) is 0 Å². The van der Waals surface area contributed by atoms with Gasteiger partial charge < -0.3 is 5.32 Å². The molecular formula is C12H17N5O2S. The molecule has 8 heteroatoms. The average molecular weight is 295 g/mol. The molecule has 0 saturated heterocycles. The van der Waals surface area contributed by atoms with Crippen LogP contribution in [0.25, 0.3) is 0 Å². The van der Waals surface area contributed by atoms with Crippen LogP contribution in [0.2, 0.25) is 0 Å². The fraction of sp³-hybridized carbons (Fsp3) is 0.333. The van der Waals surface area contributed by atoms with E-state index in [9.17, 15) is 8.42 Å². The number of hydrogen-bond donors (Lipinski definition) is 3. The van der Waals surface area contributed by atoms with Crippen LogP contribution in [0, 0.1) is 0 Å². The highest BCUT2D eigenvalue weighted by atomic mass is 32.2. The maximum atomic E-state index is 12.1. The molecule has 7 nitrogen and oxygen atoms in total. The van der Waals surface area contributed by atoms with Gasteiger partial charge in [0.15, 0.2) is 0 Å². The van der Waals surface area contributed by atoms with Gasteiger partial charge in [-0.25, -0.2) is 18.1 Å². The van der Waals surface area contributed by atoms with Gasteiger partial charge in [-0.3, -0.25) is 5.10 Å². The van der Waals surface area contributed by atoms with Gasteiger partial charge in [0.05, 0.1) is 4.90 Å². The predicted octanol–water partition coefficient (Wildman–Crippen LogP) is 0.0451. The molecule has 0 aliphatic heterocycles. The number of sulfonamides is 1. The van der Waals surface area contributed by atoms with Crippen molar-refractivity contribution in [2.24, 2.45) is 0 Å². The van der Waals surface area contributed by atoms with Crippen molar-refractivity contribution in [2.45, 2.75) is 17.9 Å².